The summed E-state index contributed by atoms with van der Waals surface area (Å²) in [5.41, 5.74) is -0.337. The number of aliphatic hydroxyl groups is 1. The molecule has 1 amide bonds. The van der Waals surface area contributed by atoms with Crippen LogP contribution in [-0.4, -0.2) is 48.6 Å². The zero-order valence-corrected chi connectivity index (χ0v) is 16.6. The third-order valence-electron chi connectivity index (χ3n) is 5.85. The van der Waals surface area contributed by atoms with Crippen molar-refractivity contribution in [3.8, 4) is 5.75 Å². The second-order valence-electron chi connectivity index (χ2n) is 7.73. The molecule has 1 N–H and O–H groups in total. The van der Waals surface area contributed by atoms with Crippen LogP contribution in [0.1, 0.15) is 41.6 Å². The third-order valence-corrected chi connectivity index (χ3v) is 5.85. The number of hydrogen-bond donors (Lipinski definition) is 1. The van der Waals surface area contributed by atoms with Crippen LogP contribution >= 0.6 is 0 Å². The highest BCUT2D eigenvalue weighted by Gasteiger charge is 2.51. The molecule has 0 aromatic heterocycles. The molecule has 2 aromatic carbocycles. The van der Waals surface area contributed by atoms with Gasteiger partial charge in [-0.25, -0.2) is 0 Å². The van der Waals surface area contributed by atoms with Crippen LogP contribution in [0.4, 0.5) is 5.69 Å². The highest BCUT2D eigenvalue weighted by molar-refractivity contribution is 6.11. The Bertz CT molecular complexity index is 923. The molecule has 1 saturated heterocycles. The Morgan fingerprint density at radius 3 is 2.52 bits per heavy atom. The topological polar surface area (TPSA) is 70.1 Å². The van der Waals surface area contributed by atoms with Gasteiger partial charge in [-0.05, 0) is 44.1 Å². The van der Waals surface area contributed by atoms with E-state index in [1.165, 1.54) is 13.5 Å². The van der Waals surface area contributed by atoms with E-state index in [0.717, 1.165) is 25.9 Å². The number of benzene rings is 2. The molecule has 0 aliphatic carbocycles. The van der Waals surface area contributed by atoms with Crippen LogP contribution in [-0.2, 0) is 10.4 Å². The van der Waals surface area contributed by atoms with Gasteiger partial charge >= 0.3 is 0 Å². The molecule has 6 heteroatoms. The van der Waals surface area contributed by atoms with E-state index in [1.807, 2.05) is 12.1 Å². The number of carbonyl (C=O) groups excluding carboxylic acids is 2. The fourth-order valence-electron chi connectivity index (χ4n) is 4.32. The lowest BCUT2D eigenvalue weighted by Crippen LogP contribution is -2.47. The number of methoxy groups -OCH3 is 1. The van der Waals surface area contributed by atoms with E-state index in [-0.39, 0.29) is 12.2 Å². The Kier molecular flexibility index (Phi) is 5.39. The van der Waals surface area contributed by atoms with E-state index in [9.17, 15) is 14.7 Å². The first kappa shape index (κ1) is 19.6. The van der Waals surface area contributed by atoms with E-state index in [2.05, 4.69) is 4.90 Å². The number of rotatable bonds is 6. The van der Waals surface area contributed by atoms with Crippen LogP contribution in [0.5, 0.6) is 5.75 Å². The lowest BCUT2D eigenvalue weighted by Gasteiger charge is -2.31. The smallest absolute Gasteiger partial charge is 0.265 e. The molecule has 1 atom stereocenters. The van der Waals surface area contributed by atoms with E-state index >= 15 is 0 Å². The molecular weight excluding hydrogens is 368 g/mol. The Morgan fingerprint density at radius 1 is 1.07 bits per heavy atom. The van der Waals surface area contributed by atoms with Crippen molar-refractivity contribution in [1.29, 1.82) is 0 Å². The predicted molar refractivity (Wildman–Crippen MR) is 110 cm³/mol. The summed E-state index contributed by atoms with van der Waals surface area (Å²) in [6.07, 6.45) is 3.11. The summed E-state index contributed by atoms with van der Waals surface area (Å²) in [7, 11) is 1.50. The molecule has 2 heterocycles. The summed E-state index contributed by atoms with van der Waals surface area (Å²) >= 11 is 0. The van der Waals surface area contributed by atoms with Gasteiger partial charge in [-0.2, -0.15) is 0 Å². The summed E-state index contributed by atoms with van der Waals surface area (Å²) in [5.74, 6) is -0.328. The fourth-order valence-corrected chi connectivity index (χ4v) is 4.32. The number of hydrogen-bond acceptors (Lipinski definition) is 5. The summed E-state index contributed by atoms with van der Waals surface area (Å²) in [6.45, 7) is 2.30. The molecule has 2 aliphatic heterocycles. The van der Waals surface area contributed by atoms with Crippen LogP contribution < -0.4 is 9.64 Å². The third kappa shape index (κ3) is 3.54. The molecule has 1 unspecified atom stereocenters. The van der Waals surface area contributed by atoms with Crippen LogP contribution in [0.15, 0.2) is 48.5 Å². The van der Waals surface area contributed by atoms with Crippen molar-refractivity contribution in [3.63, 3.8) is 0 Å². The van der Waals surface area contributed by atoms with Crippen molar-refractivity contribution < 1.29 is 19.4 Å². The first-order valence-corrected chi connectivity index (χ1v) is 10.1. The van der Waals surface area contributed by atoms with Crippen molar-refractivity contribution in [3.05, 3.63) is 59.7 Å². The van der Waals surface area contributed by atoms with Crippen LogP contribution in [0.25, 0.3) is 0 Å². The zero-order chi connectivity index (χ0) is 20.4. The van der Waals surface area contributed by atoms with Crippen LogP contribution in [0.2, 0.25) is 0 Å². The summed E-state index contributed by atoms with van der Waals surface area (Å²) in [5, 5.41) is 11.4. The predicted octanol–water partition coefficient (Wildman–Crippen LogP) is 2.95. The minimum Gasteiger partial charge on any atom is -0.496 e. The van der Waals surface area contributed by atoms with Crippen molar-refractivity contribution in [2.75, 3.05) is 31.8 Å². The Morgan fingerprint density at radius 2 is 1.76 bits per heavy atom. The number of nitrogens with zero attached hydrogens (tertiary/aromatic N) is 2. The average Bonchev–Trinajstić information content (AvgIpc) is 2.96. The number of carbonyl (C=O) groups is 2. The van der Waals surface area contributed by atoms with Crippen molar-refractivity contribution >= 4 is 17.4 Å². The molecule has 0 saturated carbocycles. The number of Topliss-reactive ketones (excluding diaryl/α,β-unsaturated/α-hetero) is 1. The number of likely N-dealkylation sites (tertiary alicyclic amines) is 1. The standard InChI is InChI=1S/C23H26N2O4/c1-29-21-12-6-3-9-17(21)20(26)15-23(28)18-10-4-5-11-19(18)25(22(23)27)16-24-13-7-2-8-14-24/h3-6,9-12,28H,2,7-8,13-16H2,1H3. The number of ether oxygens (including phenoxy) is 1. The number of fused-ring (bicyclic) bond motifs is 1. The van der Waals surface area contributed by atoms with Gasteiger partial charge in [0.05, 0.1) is 31.5 Å². The molecule has 29 heavy (non-hydrogen) atoms. The Balaban J connectivity index is 1.64. The minimum absolute atomic E-state index is 0.320. The van der Waals surface area contributed by atoms with Gasteiger partial charge in [0.1, 0.15) is 5.75 Å². The molecule has 0 spiro atoms. The van der Waals surface area contributed by atoms with Gasteiger partial charge in [-0.15, -0.1) is 0 Å². The van der Waals surface area contributed by atoms with E-state index < -0.39 is 11.5 Å². The van der Waals surface area contributed by atoms with Crippen LogP contribution in [0.3, 0.4) is 0 Å². The lowest BCUT2D eigenvalue weighted by atomic mass is 9.88. The Hall–Kier alpha value is -2.70. The fraction of sp³-hybridized carbons (Fsp3) is 0.391. The largest absolute Gasteiger partial charge is 0.496 e. The molecule has 4 rings (SSSR count). The number of amides is 1. The number of ketones is 1. The van der Waals surface area contributed by atoms with E-state index in [1.54, 1.807) is 41.3 Å². The zero-order valence-electron chi connectivity index (χ0n) is 16.6. The molecule has 0 bridgehead atoms. The van der Waals surface area contributed by atoms with Gasteiger partial charge in [0.25, 0.3) is 5.91 Å². The van der Waals surface area contributed by atoms with Crippen molar-refractivity contribution in [2.24, 2.45) is 0 Å². The quantitative estimate of drug-likeness (QED) is 0.763. The summed E-state index contributed by atoms with van der Waals surface area (Å²) in [6, 6.07) is 14.1. The van der Waals surface area contributed by atoms with Crippen molar-refractivity contribution in [2.45, 2.75) is 31.3 Å². The number of para-hydroxylation sites is 2. The Labute approximate surface area is 170 Å². The van der Waals surface area contributed by atoms with Crippen molar-refractivity contribution in [1.82, 2.24) is 4.90 Å². The number of piperidine rings is 1. The average molecular weight is 394 g/mol. The first-order valence-electron chi connectivity index (χ1n) is 10.1. The van der Waals surface area contributed by atoms with Crippen LogP contribution in [0, 0.1) is 0 Å². The van der Waals surface area contributed by atoms with Gasteiger partial charge in [0.15, 0.2) is 11.4 Å². The molecular formula is C23H26N2O4. The van der Waals surface area contributed by atoms with Gasteiger partial charge in [0.2, 0.25) is 0 Å². The molecule has 1 fully saturated rings. The molecule has 152 valence electrons. The molecule has 6 nitrogen and oxygen atoms in total. The number of anilines is 1. The van der Waals surface area contributed by atoms with Gasteiger partial charge in [-0.3, -0.25) is 19.4 Å². The van der Waals surface area contributed by atoms with Gasteiger partial charge < -0.3 is 9.84 Å². The summed E-state index contributed by atoms with van der Waals surface area (Å²) in [4.78, 5) is 30.2. The minimum atomic E-state index is -1.87. The van der Waals surface area contributed by atoms with E-state index in [4.69, 9.17) is 4.74 Å². The van der Waals surface area contributed by atoms with E-state index in [0.29, 0.717) is 29.2 Å². The second kappa shape index (κ2) is 7.97. The summed E-state index contributed by atoms with van der Waals surface area (Å²) < 4.78 is 5.28. The first-order chi connectivity index (χ1) is 14.0. The SMILES string of the molecule is COc1ccccc1C(=O)CC1(O)C(=O)N(CN2CCCCC2)c2ccccc21. The van der Waals surface area contributed by atoms with Gasteiger partial charge in [-0.1, -0.05) is 36.8 Å². The lowest BCUT2D eigenvalue weighted by molar-refractivity contribution is -0.136. The maximum Gasteiger partial charge on any atom is 0.265 e. The highest BCUT2D eigenvalue weighted by Crippen LogP contribution is 2.43. The highest BCUT2D eigenvalue weighted by atomic mass is 16.5. The normalized spacial score (nSPS) is 21.9. The maximum atomic E-state index is 13.3. The molecule has 2 aromatic rings. The van der Waals surface area contributed by atoms with Gasteiger partial charge in [0, 0.05) is 5.56 Å². The molecule has 0 radical (unpaired) electrons. The molecule has 2 aliphatic rings. The maximum absolute atomic E-state index is 13.3. The monoisotopic (exact) mass is 394 g/mol. The second-order valence-corrected chi connectivity index (χ2v) is 7.73.